The van der Waals surface area contributed by atoms with Gasteiger partial charge in [-0.15, -0.1) is 0 Å². The Morgan fingerprint density at radius 2 is 1.77 bits per heavy atom. The molecule has 2 aromatic carbocycles. The molecule has 7 nitrogen and oxygen atoms in total. The van der Waals surface area contributed by atoms with E-state index in [9.17, 15) is 8.42 Å². The van der Waals surface area contributed by atoms with E-state index < -0.39 is 10.0 Å². The number of rotatable bonds is 9. The SMILES string of the molecule is CCc1ccc(S(=O)(=O)NCCc2nc3ccccc3n2CCN2CCOCC2)cc1. The standard InChI is InChI=1S/C23H30N4O3S/c1-2-19-7-9-20(10-8-19)31(28,29)24-12-11-23-25-21-5-3-4-6-22(21)27(23)14-13-26-15-17-30-18-16-26/h3-10,24H,2,11-18H2,1H3. The summed E-state index contributed by atoms with van der Waals surface area (Å²) in [5.41, 5.74) is 3.15. The number of fused-ring (bicyclic) bond motifs is 1. The van der Waals surface area contributed by atoms with Crippen LogP contribution < -0.4 is 4.72 Å². The molecular weight excluding hydrogens is 412 g/mol. The fourth-order valence-corrected chi connectivity index (χ4v) is 4.95. The second-order valence-corrected chi connectivity index (χ2v) is 9.53. The lowest BCUT2D eigenvalue weighted by molar-refractivity contribution is 0.0364. The fourth-order valence-electron chi connectivity index (χ4n) is 3.92. The van der Waals surface area contributed by atoms with Gasteiger partial charge in [-0.25, -0.2) is 18.1 Å². The van der Waals surface area contributed by atoms with Crippen molar-refractivity contribution in [3.8, 4) is 0 Å². The zero-order chi connectivity index (χ0) is 21.7. The van der Waals surface area contributed by atoms with Crippen molar-refractivity contribution in [1.82, 2.24) is 19.2 Å². The smallest absolute Gasteiger partial charge is 0.240 e. The Bertz CT molecular complexity index is 1100. The number of nitrogens with one attached hydrogen (secondary N) is 1. The minimum atomic E-state index is -3.54. The highest BCUT2D eigenvalue weighted by Gasteiger charge is 2.16. The summed E-state index contributed by atoms with van der Waals surface area (Å²) in [6.07, 6.45) is 1.42. The fraction of sp³-hybridized carbons (Fsp3) is 0.435. The Hall–Kier alpha value is -2.26. The number of hydrogen-bond donors (Lipinski definition) is 1. The maximum absolute atomic E-state index is 12.7. The predicted octanol–water partition coefficient (Wildman–Crippen LogP) is 2.45. The first-order valence-electron chi connectivity index (χ1n) is 10.9. The van der Waals surface area contributed by atoms with Crippen LogP contribution in [0.4, 0.5) is 0 Å². The second kappa shape index (κ2) is 9.91. The summed E-state index contributed by atoms with van der Waals surface area (Å²) >= 11 is 0. The molecule has 0 amide bonds. The number of morpholine rings is 1. The molecule has 4 rings (SSSR count). The number of nitrogens with zero attached hydrogens (tertiary/aromatic N) is 3. The van der Waals surface area contributed by atoms with Gasteiger partial charge in [0.2, 0.25) is 10.0 Å². The van der Waals surface area contributed by atoms with E-state index in [1.54, 1.807) is 12.1 Å². The minimum absolute atomic E-state index is 0.297. The van der Waals surface area contributed by atoms with Crippen LogP contribution in [-0.4, -0.2) is 62.3 Å². The molecule has 31 heavy (non-hydrogen) atoms. The molecule has 0 aliphatic carbocycles. The number of imidazole rings is 1. The zero-order valence-corrected chi connectivity index (χ0v) is 18.8. The van der Waals surface area contributed by atoms with Crippen molar-refractivity contribution in [3.63, 3.8) is 0 Å². The molecule has 2 heterocycles. The van der Waals surface area contributed by atoms with Crippen LogP contribution in [0.15, 0.2) is 53.4 Å². The van der Waals surface area contributed by atoms with Gasteiger partial charge in [0.15, 0.2) is 0 Å². The summed E-state index contributed by atoms with van der Waals surface area (Å²) in [6.45, 7) is 7.53. The number of benzene rings is 2. The number of aryl methyl sites for hydroxylation is 1. The zero-order valence-electron chi connectivity index (χ0n) is 18.0. The Labute approximate surface area is 184 Å². The van der Waals surface area contributed by atoms with Crippen molar-refractivity contribution in [2.45, 2.75) is 31.2 Å². The van der Waals surface area contributed by atoms with Crippen LogP contribution in [-0.2, 0) is 34.1 Å². The summed E-state index contributed by atoms with van der Waals surface area (Å²) in [6, 6.07) is 15.1. The van der Waals surface area contributed by atoms with Crippen LogP contribution in [0.25, 0.3) is 11.0 Å². The van der Waals surface area contributed by atoms with Crippen LogP contribution in [0.3, 0.4) is 0 Å². The molecule has 0 atom stereocenters. The van der Waals surface area contributed by atoms with E-state index in [0.29, 0.717) is 17.9 Å². The monoisotopic (exact) mass is 442 g/mol. The minimum Gasteiger partial charge on any atom is -0.379 e. The number of ether oxygens (including phenoxy) is 1. The van der Waals surface area contributed by atoms with E-state index >= 15 is 0 Å². The lowest BCUT2D eigenvalue weighted by Gasteiger charge is -2.27. The van der Waals surface area contributed by atoms with E-state index in [1.165, 1.54) is 0 Å². The highest BCUT2D eigenvalue weighted by atomic mass is 32.2. The predicted molar refractivity (Wildman–Crippen MR) is 122 cm³/mol. The molecule has 0 saturated carbocycles. The van der Waals surface area contributed by atoms with Crippen LogP contribution in [0.1, 0.15) is 18.3 Å². The molecule has 1 N–H and O–H groups in total. The van der Waals surface area contributed by atoms with Gasteiger partial charge >= 0.3 is 0 Å². The Balaban J connectivity index is 1.44. The number of aromatic nitrogens is 2. The number of sulfonamides is 1. The third-order valence-electron chi connectivity index (χ3n) is 5.76. The maximum atomic E-state index is 12.7. The van der Waals surface area contributed by atoms with Gasteiger partial charge < -0.3 is 9.30 Å². The first-order chi connectivity index (χ1) is 15.1. The van der Waals surface area contributed by atoms with Gasteiger partial charge in [0.25, 0.3) is 0 Å². The molecule has 0 radical (unpaired) electrons. The highest BCUT2D eigenvalue weighted by Crippen LogP contribution is 2.17. The first-order valence-corrected chi connectivity index (χ1v) is 12.4. The quantitative estimate of drug-likeness (QED) is 0.551. The van der Waals surface area contributed by atoms with E-state index in [1.807, 2.05) is 37.3 Å². The van der Waals surface area contributed by atoms with Crippen LogP contribution >= 0.6 is 0 Å². The van der Waals surface area contributed by atoms with Crippen molar-refractivity contribution in [2.24, 2.45) is 0 Å². The summed E-state index contributed by atoms with van der Waals surface area (Å²) in [4.78, 5) is 7.47. The van der Waals surface area contributed by atoms with E-state index in [4.69, 9.17) is 9.72 Å². The largest absolute Gasteiger partial charge is 0.379 e. The molecule has 1 aliphatic heterocycles. The molecule has 1 saturated heterocycles. The second-order valence-electron chi connectivity index (χ2n) is 7.77. The molecule has 1 aliphatic rings. The Morgan fingerprint density at radius 1 is 1.03 bits per heavy atom. The summed E-state index contributed by atoms with van der Waals surface area (Å²) in [5.74, 6) is 0.901. The third-order valence-corrected chi connectivity index (χ3v) is 7.24. The van der Waals surface area contributed by atoms with Crippen molar-refractivity contribution >= 4 is 21.1 Å². The van der Waals surface area contributed by atoms with Gasteiger partial charge in [0, 0.05) is 39.1 Å². The Morgan fingerprint density at radius 3 is 2.52 bits per heavy atom. The van der Waals surface area contributed by atoms with Crippen molar-refractivity contribution in [2.75, 3.05) is 39.4 Å². The van der Waals surface area contributed by atoms with Gasteiger partial charge in [0.1, 0.15) is 5.82 Å². The highest BCUT2D eigenvalue weighted by molar-refractivity contribution is 7.89. The van der Waals surface area contributed by atoms with Crippen molar-refractivity contribution in [3.05, 3.63) is 59.9 Å². The average molecular weight is 443 g/mol. The maximum Gasteiger partial charge on any atom is 0.240 e. The van der Waals surface area contributed by atoms with Gasteiger partial charge in [-0.2, -0.15) is 0 Å². The molecule has 1 aromatic heterocycles. The molecule has 166 valence electrons. The molecule has 0 unspecified atom stereocenters. The van der Waals surface area contributed by atoms with Crippen LogP contribution in [0, 0.1) is 0 Å². The van der Waals surface area contributed by atoms with E-state index in [0.717, 1.165) is 68.2 Å². The van der Waals surface area contributed by atoms with Gasteiger partial charge in [-0.1, -0.05) is 31.2 Å². The summed E-state index contributed by atoms with van der Waals surface area (Å²) < 4.78 is 35.7. The van der Waals surface area contributed by atoms with Crippen molar-refractivity contribution in [1.29, 1.82) is 0 Å². The molecular formula is C23H30N4O3S. The third kappa shape index (κ3) is 5.33. The van der Waals surface area contributed by atoms with E-state index in [-0.39, 0.29) is 0 Å². The van der Waals surface area contributed by atoms with Gasteiger partial charge in [0.05, 0.1) is 29.1 Å². The topological polar surface area (TPSA) is 76.5 Å². The van der Waals surface area contributed by atoms with Gasteiger partial charge in [-0.05, 0) is 36.2 Å². The first kappa shape index (κ1) is 22.0. The molecule has 3 aromatic rings. The van der Waals surface area contributed by atoms with Crippen LogP contribution in [0.5, 0.6) is 0 Å². The van der Waals surface area contributed by atoms with Crippen molar-refractivity contribution < 1.29 is 13.2 Å². The molecule has 1 fully saturated rings. The number of para-hydroxylation sites is 2. The normalized spacial score (nSPS) is 15.5. The summed E-state index contributed by atoms with van der Waals surface area (Å²) in [7, 11) is -3.54. The molecule has 8 heteroatoms. The number of hydrogen-bond acceptors (Lipinski definition) is 5. The van der Waals surface area contributed by atoms with Gasteiger partial charge in [-0.3, -0.25) is 4.90 Å². The average Bonchev–Trinajstić information content (AvgIpc) is 3.15. The lowest BCUT2D eigenvalue weighted by Crippen LogP contribution is -2.38. The van der Waals surface area contributed by atoms with Crippen LogP contribution in [0.2, 0.25) is 0 Å². The lowest BCUT2D eigenvalue weighted by atomic mass is 10.2. The summed E-state index contributed by atoms with van der Waals surface area (Å²) in [5, 5.41) is 0. The van der Waals surface area contributed by atoms with E-state index in [2.05, 4.69) is 20.3 Å². The molecule has 0 spiro atoms. The molecule has 0 bridgehead atoms. The Kier molecular flexibility index (Phi) is 7.02.